The van der Waals surface area contributed by atoms with Gasteiger partial charge in [-0.3, -0.25) is 0 Å². The summed E-state index contributed by atoms with van der Waals surface area (Å²) in [4.78, 5) is 4.30. The van der Waals surface area contributed by atoms with E-state index < -0.39 is 5.60 Å². The number of hydrogen-bond acceptors (Lipinski definition) is 6. The lowest BCUT2D eigenvalue weighted by molar-refractivity contribution is -0.0770. The third-order valence-electron chi connectivity index (χ3n) is 3.61. The molecule has 2 aromatic rings. The summed E-state index contributed by atoms with van der Waals surface area (Å²) < 4.78 is 11.0. The fourth-order valence-corrected chi connectivity index (χ4v) is 2.36. The van der Waals surface area contributed by atoms with Crippen molar-refractivity contribution in [2.45, 2.75) is 31.8 Å². The van der Waals surface area contributed by atoms with Crippen LogP contribution in [0.2, 0.25) is 0 Å². The first-order valence-corrected chi connectivity index (χ1v) is 6.60. The molecule has 0 radical (unpaired) electrons. The smallest absolute Gasteiger partial charge is 0.261 e. The van der Waals surface area contributed by atoms with Crippen LogP contribution in [-0.2, 0) is 10.3 Å². The second kappa shape index (κ2) is 4.79. The van der Waals surface area contributed by atoms with Crippen LogP contribution in [0.3, 0.4) is 0 Å². The summed E-state index contributed by atoms with van der Waals surface area (Å²) in [7, 11) is 0. The Labute approximate surface area is 116 Å². The zero-order chi connectivity index (χ0) is 14.2. The van der Waals surface area contributed by atoms with Gasteiger partial charge in [0.1, 0.15) is 5.60 Å². The van der Waals surface area contributed by atoms with Crippen molar-refractivity contribution in [3.8, 4) is 23.0 Å². The van der Waals surface area contributed by atoms with Gasteiger partial charge in [0.2, 0.25) is 5.82 Å². The van der Waals surface area contributed by atoms with Crippen molar-refractivity contribution in [3.05, 3.63) is 24.0 Å². The molecule has 1 saturated heterocycles. The van der Waals surface area contributed by atoms with Gasteiger partial charge in [-0.05, 0) is 38.3 Å². The molecule has 0 saturated carbocycles. The number of phenols is 2. The van der Waals surface area contributed by atoms with Crippen molar-refractivity contribution in [3.63, 3.8) is 0 Å². The first-order valence-electron chi connectivity index (χ1n) is 6.60. The Morgan fingerprint density at radius 2 is 2.10 bits per heavy atom. The Morgan fingerprint density at radius 1 is 1.25 bits per heavy atom. The third-order valence-corrected chi connectivity index (χ3v) is 3.61. The molecule has 3 rings (SSSR count). The molecule has 0 aliphatic carbocycles. The molecule has 106 valence electrons. The third kappa shape index (κ3) is 2.12. The molecule has 1 atom stereocenters. The SMILES string of the molecule is CC1(c2noc(-c3cccc(O)c3O)n2)CCCCO1. The van der Waals surface area contributed by atoms with Crippen LogP contribution in [-0.4, -0.2) is 27.0 Å². The first-order chi connectivity index (χ1) is 9.60. The van der Waals surface area contributed by atoms with E-state index in [1.165, 1.54) is 6.07 Å². The van der Waals surface area contributed by atoms with E-state index >= 15 is 0 Å². The van der Waals surface area contributed by atoms with E-state index in [0.717, 1.165) is 19.3 Å². The van der Waals surface area contributed by atoms with Crippen LogP contribution in [0, 0.1) is 0 Å². The van der Waals surface area contributed by atoms with E-state index in [4.69, 9.17) is 9.26 Å². The van der Waals surface area contributed by atoms with Crippen LogP contribution in [0.1, 0.15) is 32.0 Å². The molecule has 1 aromatic carbocycles. The number of benzene rings is 1. The molecule has 20 heavy (non-hydrogen) atoms. The van der Waals surface area contributed by atoms with Crippen LogP contribution in [0.4, 0.5) is 0 Å². The highest BCUT2D eigenvalue weighted by Crippen LogP contribution is 2.37. The highest BCUT2D eigenvalue weighted by Gasteiger charge is 2.35. The highest BCUT2D eigenvalue weighted by atomic mass is 16.5. The van der Waals surface area contributed by atoms with E-state index in [9.17, 15) is 10.2 Å². The Balaban J connectivity index is 1.96. The minimum Gasteiger partial charge on any atom is -0.504 e. The average molecular weight is 276 g/mol. The lowest BCUT2D eigenvalue weighted by atomic mass is 9.95. The molecule has 1 fully saturated rings. The van der Waals surface area contributed by atoms with E-state index in [-0.39, 0.29) is 17.4 Å². The summed E-state index contributed by atoms with van der Waals surface area (Å²) in [6.07, 6.45) is 2.92. The van der Waals surface area contributed by atoms with Gasteiger partial charge in [0.15, 0.2) is 11.5 Å². The predicted octanol–water partition coefficient (Wildman–Crippen LogP) is 2.56. The van der Waals surface area contributed by atoms with E-state index in [1.54, 1.807) is 12.1 Å². The molecular formula is C14H16N2O4. The van der Waals surface area contributed by atoms with E-state index in [1.807, 2.05) is 6.92 Å². The van der Waals surface area contributed by atoms with Gasteiger partial charge in [-0.1, -0.05) is 11.2 Å². The lowest BCUT2D eigenvalue weighted by Crippen LogP contribution is -2.31. The van der Waals surface area contributed by atoms with Crippen molar-refractivity contribution < 1.29 is 19.5 Å². The molecule has 0 amide bonds. The number of rotatable bonds is 2. The number of ether oxygens (including phenoxy) is 1. The largest absolute Gasteiger partial charge is 0.504 e. The Kier molecular flexibility index (Phi) is 3.10. The van der Waals surface area contributed by atoms with Gasteiger partial charge in [0.25, 0.3) is 5.89 Å². The van der Waals surface area contributed by atoms with Crippen LogP contribution in [0.25, 0.3) is 11.5 Å². The number of aromatic nitrogens is 2. The molecule has 2 N–H and O–H groups in total. The molecular weight excluding hydrogens is 260 g/mol. The molecule has 1 aliphatic heterocycles. The maximum atomic E-state index is 9.83. The summed E-state index contributed by atoms with van der Waals surface area (Å²) in [5, 5.41) is 23.3. The van der Waals surface area contributed by atoms with Crippen molar-refractivity contribution in [2.75, 3.05) is 6.61 Å². The highest BCUT2D eigenvalue weighted by molar-refractivity contribution is 5.66. The Bertz CT molecular complexity index is 617. The second-order valence-corrected chi connectivity index (χ2v) is 5.13. The summed E-state index contributed by atoms with van der Waals surface area (Å²) in [5.74, 6) is 0.151. The molecule has 0 spiro atoms. The maximum Gasteiger partial charge on any atom is 0.261 e. The zero-order valence-electron chi connectivity index (χ0n) is 11.2. The molecule has 6 heteroatoms. The number of nitrogens with zero attached hydrogens (tertiary/aromatic N) is 2. The topological polar surface area (TPSA) is 88.6 Å². The van der Waals surface area contributed by atoms with Crippen molar-refractivity contribution in [2.24, 2.45) is 0 Å². The quantitative estimate of drug-likeness (QED) is 0.819. The van der Waals surface area contributed by atoms with Crippen molar-refractivity contribution in [1.29, 1.82) is 0 Å². The summed E-state index contributed by atoms with van der Waals surface area (Å²) in [6, 6.07) is 4.60. The Morgan fingerprint density at radius 3 is 2.85 bits per heavy atom. The lowest BCUT2D eigenvalue weighted by Gasteiger charge is -2.30. The van der Waals surface area contributed by atoms with Gasteiger partial charge in [-0.25, -0.2) is 0 Å². The van der Waals surface area contributed by atoms with Gasteiger partial charge in [-0.15, -0.1) is 0 Å². The molecule has 1 aromatic heterocycles. The summed E-state index contributed by atoms with van der Waals surface area (Å²) in [6.45, 7) is 2.61. The van der Waals surface area contributed by atoms with E-state index in [2.05, 4.69) is 10.1 Å². The van der Waals surface area contributed by atoms with Crippen LogP contribution in [0.5, 0.6) is 11.5 Å². The predicted molar refractivity (Wildman–Crippen MR) is 70.2 cm³/mol. The standard InChI is InChI=1S/C14H16N2O4/c1-14(7-2-3-8-19-14)13-15-12(20-16-13)9-5-4-6-10(17)11(9)18/h4-6,17-18H,2-3,7-8H2,1H3. The van der Waals surface area contributed by atoms with Gasteiger partial charge in [-0.2, -0.15) is 4.98 Å². The number of phenolic OH excluding ortho intramolecular Hbond substituents is 2. The Hall–Kier alpha value is -2.08. The first kappa shape index (κ1) is 12.9. The number of aromatic hydroxyl groups is 2. The maximum absolute atomic E-state index is 9.83. The molecule has 0 bridgehead atoms. The van der Waals surface area contributed by atoms with Crippen LogP contribution in [0.15, 0.2) is 22.7 Å². The molecule has 1 unspecified atom stereocenters. The summed E-state index contributed by atoms with van der Waals surface area (Å²) in [5.41, 5.74) is -0.241. The fourth-order valence-electron chi connectivity index (χ4n) is 2.36. The van der Waals surface area contributed by atoms with Crippen molar-refractivity contribution >= 4 is 0 Å². The monoisotopic (exact) mass is 276 g/mol. The normalized spacial score (nSPS) is 22.9. The molecule has 2 heterocycles. The van der Waals surface area contributed by atoms with Crippen molar-refractivity contribution in [1.82, 2.24) is 10.1 Å². The molecule has 6 nitrogen and oxygen atoms in total. The summed E-state index contributed by atoms with van der Waals surface area (Å²) >= 11 is 0. The minimum absolute atomic E-state index is 0.170. The van der Waals surface area contributed by atoms with E-state index in [0.29, 0.717) is 18.0 Å². The fraction of sp³-hybridized carbons (Fsp3) is 0.429. The van der Waals surface area contributed by atoms with Crippen LogP contribution >= 0.6 is 0 Å². The van der Waals surface area contributed by atoms with Gasteiger partial charge < -0.3 is 19.5 Å². The minimum atomic E-state index is -0.549. The van der Waals surface area contributed by atoms with Gasteiger partial charge >= 0.3 is 0 Å². The number of hydrogen-bond donors (Lipinski definition) is 2. The average Bonchev–Trinajstić information content (AvgIpc) is 2.93. The van der Waals surface area contributed by atoms with Crippen LogP contribution < -0.4 is 0 Å². The number of para-hydroxylation sites is 1. The second-order valence-electron chi connectivity index (χ2n) is 5.13. The van der Waals surface area contributed by atoms with Gasteiger partial charge in [0, 0.05) is 6.61 Å². The zero-order valence-corrected chi connectivity index (χ0v) is 11.2. The van der Waals surface area contributed by atoms with Gasteiger partial charge in [0.05, 0.1) is 5.56 Å². The molecule has 1 aliphatic rings.